The minimum atomic E-state index is -0.167. The molecule has 0 spiro atoms. The summed E-state index contributed by atoms with van der Waals surface area (Å²) in [6, 6.07) is 9.28. The molecule has 7 heteroatoms. The van der Waals surface area contributed by atoms with E-state index in [0.29, 0.717) is 18.8 Å². The minimum absolute atomic E-state index is 0.0994. The molecule has 0 bridgehead atoms. The van der Waals surface area contributed by atoms with Gasteiger partial charge in [0.05, 0.1) is 0 Å². The van der Waals surface area contributed by atoms with Crippen LogP contribution in [0.25, 0.3) is 10.8 Å². The van der Waals surface area contributed by atoms with E-state index < -0.39 is 0 Å². The molecular formula is C20H21N3O4. The van der Waals surface area contributed by atoms with Crippen LogP contribution >= 0.6 is 0 Å². The standard InChI is InChI=1S/C20H21N3O4/c24-12-14-3-2-8-23(11-14)20(25)18-9-16(27-22-18)13-26-19-5-1-4-15-10-21-7-6-17(15)19/h1,4-7,9-10,14,24H,2-3,8,11-13H2/t14-/m1/s1. The Labute approximate surface area is 156 Å². The van der Waals surface area contributed by atoms with Gasteiger partial charge in [0.25, 0.3) is 5.91 Å². The van der Waals surface area contributed by atoms with Crippen LogP contribution in [0, 0.1) is 5.92 Å². The Morgan fingerprint density at radius 1 is 1.37 bits per heavy atom. The third kappa shape index (κ3) is 3.78. The Morgan fingerprint density at radius 3 is 3.19 bits per heavy atom. The first kappa shape index (κ1) is 17.5. The molecule has 1 amide bonds. The first-order chi connectivity index (χ1) is 13.2. The predicted molar refractivity (Wildman–Crippen MR) is 98.3 cm³/mol. The number of fused-ring (bicyclic) bond motifs is 1. The van der Waals surface area contributed by atoms with Crippen LogP contribution in [0.5, 0.6) is 5.75 Å². The number of hydrogen-bond donors (Lipinski definition) is 1. The number of aromatic nitrogens is 2. The van der Waals surface area contributed by atoms with Crippen molar-refractivity contribution in [3.8, 4) is 5.75 Å². The summed E-state index contributed by atoms with van der Waals surface area (Å²) in [4.78, 5) is 18.4. The lowest BCUT2D eigenvalue weighted by atomic mass is 9.99. The van der Waals surface area contributed by atoms with Crippen LogP contribution in [0.15, 0.2) is 47.2 Å². The van der Waals surface area contributed by atoms with Crippen LogP contribution in [-0.2, 0) is 6.61 Å². The van der Waals surface area contributed by atoms with Gasteiger partial charge in [-0.1, -0.05) is 17.3 Å². The van der Waals surface area contributed by atoms with Crippen molar-refractivity contribution in [3.05, 3.63) is 54.2 Å². The summed E-state index contributed by atoms with van der Waals surface area (Å²) in [7, 11) is 0. The van der Waals surface area contributed by atoms with Gasteiger partial charge in [-0.25, -0.2) is 0 Å². The molecule has 3 aromatic rings. The van der Waals surface area contributed by atoms with Crippen molar-refractivity contribution in [1.82, 2.24) is 15.0 Å². The number of rotatable bonds is 5. The molecule has 0 unspecified atom stereocenters. The van der Waals surface area contributed by atoms with Crippen LogP contribution in [0.3, 0.4) is 0 Å². The average Bonchev–Trinajstić information content (AvgIpc) is 3.20. The molecule has 140 valence electrons. The van der Waals surface area contributed by atoms with E-state index in [0.717, 1.165) is 29.4 Å². The number of amides is 1. The monoisotopic (exact) mass is 367 g/mol. The van der Waals surface area contributed by atoms with E-state index in [1.54, 1.807) is 23.4 Å². The van der Waals surface area contributed by atoms with E-state index >= 15 is 0 Å². The lowest BCUT2D eigenvalue weighted by Crippen LogP contribution is -2.41. The highest BCUT2D eigenvalue weighted by Crippen LogP contribution is 2.25. The maximum Gasteiger partial charge on any atom is 0.276 e. The van der Waals surface area contributed by atoms with E-state index in [1.807, 2.05) is 24.3 Å². The SMILES string of the molecule is O=C(c1cc(COc2cccc3cnccc23)on1)N1CCC[C@@H](CO)C1. The van der Waals surface area contributed by atoms with Crippen molar-refractivity contribution in [2.75, 3.05) is 19.7 Å². The molecule has 1 aromatic carbocycles. The fourth-order valence-corrected chi connectivity index (χ4v) is 3.41. The number of carbonyl (C=O) groups is 1. The second kappa shape index (κ2) is 7.75. The molecule has 7 nitrogen and oxygen atoms in total. The zero-order valence-electron chi connectivity index (χ0n) is 14.9. The smallest absolute Gasteiger partial charge is 0.276 e. The molecule has 2 aromatic heterocycles. The third-order valence-electron chi connectivity index (χ3n) is 4.85. The summed E-state index contributed by atoms with van der Waals surface area (Å²) in [5.41, 5.74) is 0.273. The average molecular weight is 367 g/mol. The van der Waals surface area contributed by atoms with Crippen molar-refractivity contribution in [2.24, 2.45) is 5.92 Å². The minimum Gasteiger partial charge on any atom is -0.485 e. The van der Waals surface area contributed by atoms with Gasteiger partial charge in [-0.05, 0) is 30.9 Å². The molecule has 0 radical (unpaired) electrons. The quantitative estimate of drug-likeness (QED) is 0.746. The summed E-state index contributed by atoms with van der Waals surface area (Å²) in [5.74, 6) is 1.18. The lowest BCUT2D eigenvalue weighted by molar-refractivity contribution is 0.0610. The first-order valence-electron chi connectivity index (χ1n) is 9.06. The van der Waals surface area contributed by atoms with Crippen LogP contribution < -0.4 is 4.74 Å². The Kier molecular flexibility index (Phi) is 5.02. The number of aliphatic hydroxyl groups is 1. The summed E-state index contributed by atoms with van der Waals surface area (Å²) in [6.07, 6.45) is 5.34. The lowest BCUT2D eigenvalue weighted by Gasteiger charge is -2.31. The molecule has 1 atom stereocenters. The predicted octanol–water partition coefficient (Wildman–Crippen LogP) is 2.65. The van der Waals surface area contributed by atoms with Gasteiger partial charge in [-0.2, -0.15) is 0 Å². The van der Waals surface area contributed by atoms with Crippen LogP contribution in [-0.4, -0.2) is 45.8 Å². The molecule has 1 saturated heterocycles. The number of benzene rings is 1. The molecule has 1 aliphatic rings. The highest BCUT2D eigenvalue weighted by atomic mass is 16.5. The second-order valence-corrected chi connectivity index (χ2v) is 6.76. The molecule has 0 aliphatic carbocycles. The third-order valence-corrected chi connectivity index (χ3v) is 4.85. The maximum atomic E-state index is 12.6. The largest absolute Gasteiger partial charge is 0.485 e. The van der Waals surface area contributed by atoms with E-state index in [1.165, 1.54) is 0 Å². The fourth-order valence-electron chi connectivity index (χ4n) is 3.41. The number of piperidine rings is 1. The van der Waals surface area contributed by atoms with E-state index in [9.17, 15) is 9.90 Å². The first-order valence-corrected chi connectivity index (χ1v) is 9.06. The molecule has 4 rings (SSSR count). The molecule has 1 N–H and O–H groups in total. The van der Waals surface area contributed by atoms with Gasteiger partial charge in [-0.3, -0.25) is 9.78 Å². The van der Waals surface area contributed by atoms with Crippen molar-refractivity contribution in [2.45, 2.75) is 19.4 Å². The van der Waals surface area contributed by atoms with Crippen molar-refractivity contribution in [3.63, 3.8) is 0 Å². The van der Waals surface area contributed by atoms with Crippen molar-refractivity contribution < 1.29 is 19.2 Å². The number of aliphatic hydroxyl groups excluding tert-OH is 1. The van der Waals surface area contributed by atoms with Gasteiger partial charge in [0, 0.05) is 48.9 Å². The van der Waals surface area contributed by atoms with Gasteiger partial charge in [0.15, 0.2) is 11.5 Å². The van der Waals surface area contributed by atoms with Gasteiger partial charge < -0.3 is 19.3 Å². The summed E-state index contributed by atoms with van der Waals surface area (Å²) in [6.45, 7) is 1.51. The number of pyridine rings is 1. The van der Waals surface area contributed by atoms with E-state index in [2.05, 4.69) is 10.1 Å². The van der Waals surface area contributed by atoms with Gasteiger partial charge >= 0.3 is 0 Å². The normalized spacial score (nSPS) is 17.2. The fraction of sp³-hybridized carbons (Fsp3) is 0.350. The van der Waals surface area contributed by atoms with Crippen LogP contribution in [0.4, 0.5) is 0 Å². The Balaban J connectivity index is 1.43. The van der Waals surface area contributed by atoms with Crippen molar-refractivity contribution >= 4 is 16.7 Å². The zero-order chi connectivity index (χ0) is 18.6. The maximum absolute atomic E-state index is 12.6. The number of nitrogens with zero attached hydrogens (tertiary/aromatic N) is 3. The number of carbonyl (C=O) groups excluding carboxylic acids is 1. The summed E-state index contributed by atoms with van der Waals surface area (Å²) < 4.78 is 11.1. The highest BCUT2D eigenvalue weighted by Gasteiger charge is 2.26. The molecular weight excluding hydrogens is 346 g/mol. The number of likely N-dealkylation sites (tertiary alicyclic amines) is 1. The molecule has 3 heterocycles. The van der Waals surface area contributed by atoms with E-state index in [-0.39, 0.29) is 30.7 Å². The molecule has 1 aliphatic heterocycles. The zero-order valence-corrected chi connectivity index (χ0v) is 14.9. The number of hydrogen-bond acceptors (Lipinski definition) is 6. The number of ether oxygens (including phenoxy) is 1. The molecule has 1 fully saturated rings. The van der Waals surface area contributed by atoms with Crippen LogP contribution in [0.1, 0.15) is 29.1 Å². The summed E-state index contributed by atoms with van der Waals surface area (Å²) in [5, 5.41) is 15.2. The molecule has 27 heavy (non-hydrogen) atoms. The Morgan fingerprint density at radius 2 is 2.30 bits per heavy atom. The van der Waals surface area contributed by atoms with Gasteiger partial charge in [-0.15, -0.1) is 0 Å². The topological polar surface area (TPSA) is 88.7 Å². The highest BCUT2D eigenvalue weighted by molar-refractivity contribution is 5.92. The molecule has 0 saturated carbocycles. The second-order valence-electron chi connectivity index (χ2n) is 6.76. The summed E-state index contributed by atoms with van der Waals surface area (Å²) >= 11 is 0. The van der Waals surface area contributed by atoms with Gasteiger partial charge in [0.1, 0.15) is 12.4 Å². The van der Waals surface area contributed by atoms with Crippen molar-refractivity contribution in [1.29, 1.82) is 0 Å². The Hall–Kier alpha value is -2.93. The van der Waals surface area contributed by atoms with Gasteiger partial charge in [0.2, 0.25) is 0 Å². The van der Waals surface area contributed by atoms with Crippen LogP contribution in [0.2, 0.25) is 0 Å². The Bertz CT molecular complexity index is 934. The van der Waals surface area contributed by atoms with E-state index in [4.69, 9.17) is 9.26 Å².